The molecule has 0 saturated heterocycles. The molecule has 0 amide bonds. The Morgan fingerprint density at radius 3 is 1.68 bits per heavy atom. The summed E-state index contributed by atoms with van der Waals surface area (Å²) in [6.45, 7) is 11.0. The Balaban J connectivity index is 0. The predicted octanol–water partition coefficient (Wildman–Crippen LogP) is 6.05. The van der Waals surface area contributed by atoms with Crippen LogP contribution in [0.25, 0.3) is 0 Å². The molecule has 0 heterocycles. The zero-order chi connectivity index (χ0) is 14.8. The Hall–Kier alpha value is 0.759. The fourth-order valence-electron chi connectivity index (χ4n) is 1.09. The summed E-state index contributed by atoms with van der Waals surface area (Å²) in [5, 5.41) is 0. The molecule has 1 fully saturated rings. The molecule has 0 aromatic carbocycles. The van der Waals surface area contributed by atoms with E-state index in [2.05, 4.69) is 34.6 Å². The van der Waals surface area contributed by atoms with Crippen molar-refractivity contribution in [3.05, 3.63) is 0 Å². The van der Waals surface area contributed by atoms with E-state index in [0.717, 1.165) is 0 Å². The Labute approximate surface area is 133 Å². The van der Waals surface area contributed by atoms with Crippen molar-refractivity contribution in [1.82, 2.24) is 0 Å². The first-order valence-corrected chi connectivity index (χ1v) is 12.6. The summed E-state index contributed by atoms with van der Waals surface area (Å²) in [6, 6.07) is 0. The van der Waals surface area contributed by atoms with Gasteiger partial charge in [0.1, 0.15) is 0 Å². The van der Waals surface area contributed by atoms with E-state index in [1.807, 2.05) is 0 Å². The minimum atomic E-state index is -0.0884. The molecule has 1 aliphatic carbocycles. The molecular weight excluding hydrogens is 339 g/mol. The quantitative estimate of drug-likeness (QED) is 0.370. The summed E-state index contributed by atoms with van der Waals surface area (Å²) in [5.41, 5.74) is 0. The zero-order valence-corrected chi connectivity index (χ0v) is 17.1. The molecule has 0 atom stereocenters. The van der Waals surface area contributed by atoms with Crippen molar-refractivity contribution in [2.24, 2.45) is 0 Å². The van der Waals surface area contributed by atoms with Gasteiger partial charge < -0.3 is 0 Å². The summed E-state index contributed by atoms with van der Waals surface area (Å²) < 4.78 is 8.40. The first-order valence-electron chi connectivity index (χ1n) is 8.58. The van der Waals surface area contributed by atoms with Crippen molar-refractivity contribution < 1.29 is 4.74 Å². The minimum absolute atomic E-state index is 0.0884. The summed E-state index contributed by atoms with van der Waals surface area (Å²) in [4.78, 5) is 0. The van der Waals surface area contributed by atoms with E-state index in [1.54, 1.807) is 0 Å². The summed E-state index contributed by atoms with van der Waals surface area (Å²) in [6.07, 6.45) is 12.9. The van der Waals surface area contributed by atoms with Crippen LogP contribution in [-0.4, -0.2) is 31.9 Å². The third-order valence-corrected chi connectivity index (χ3v) is 6.26. The molecular formula is C17H38OSn. The van der Waals surface area contributed by atoms with E-state index in [0.29, 0.717) is 6.10 Å². The molecule has 2 radical (unpaired) electrons. The number of hydrogen-bond donors (Lipinski definition) is 0. The third-order valence-electron chi connectivity index (χ3n) is 3.18. The Morgan fingerprint density at radius 2 is 1.37 bits per heavy atom. The molecule has 1 aliphatic rings. The van der Waals surface area contributed by atoms with Gasteiger partial charge in [-0.15, -0.1) is 0 Å². The molecule has 2 heteroatoms. The van der Waals surface area contributed by atoms with Gasteiger partial charge in [-0.1, -0.05) is 53.4 Å². The molecule has 0 aliphatic heterocycles. The van der Waals surface area contributed by atoms with Gasteiger partial charge in [-0.05, 0) is 0 Å². The van der Waals surface area contributed by atoms with Gasteiger partial charge in [0.25, 0.3) is 0 Å². The summed E-state index contributed by atoms with van der Waals surface area (Å²) in [5.74, 6) is 0. The second kappa shape index (κ2) is 21.1. The number of hydrogen-bond acceptors (Lipinski definition) is 1. The van der Waals surface area contributed by atoms with E-state index in [1.165, 1.54) is 66.8 Å². The van der Waals surface area contributed by atoms with Crippen molar-refractivity contribution in [3.8, 4) is 0 Å². The molecule has 0 unspecified atom stereocenters. The van der Waals surface area contributed by atoms with Gasteiger partial charge in [-0.2, -0.15) is 0 Å². The molecule has 0 N–H and O–H groups in total. The molecule has 1 rings (SSSR count). The van der Waals surface area contributed by atoms with Gasteiger partial charge in [0.15, 0.2) is 0 Å². The molecule has 116 valence electrons. The van der Waals surface area contributed by atoms with Crippen molar-refractivity contribution in [1.29, 1.82) is 0 Å². The maximum atomic E-state index is 5.70. The van der Waals surface area contributed by atoms with Crippen LogP contribution in [0.3, 0.4) is 0 Å². The van der Waals surface area contributed by atoms with Crippen molar-refractivity contribution in [2.75, 3.05) is 4.62 Å². The standard InChI is InChI=1S/C5H9O.2C4H10.C4H9.Sn/c1-6-5-3-2-4-5;3*1-3-4-2;/h5H,1-4H2;2*3-4H2,1-2H3;1,3-4H2,2H3;. The Bertz CT molecular complexity index is 127. The number of ether oxygens (including phenoxy) is 1. The van der Waals surface area contributed by atoms with Crippen LogP contribution in [0.15, 0.2) is 0 Å². The molecule has 1 saturated carbocycles. The molecule has 1 nitrogen and oxygen atoms in total. The SMILES string of the molecule is CCCC.CCCC.CCC[CH2][Sn][CH2]OC1CCC1. The summed E-state index contributed by atoms with van der Waals surface area (Å²) >= 11 is -0.0884. The van der Waals surface area contributed by atoms with Gasteiger partial charge in [0, 0.05) is 0 Å². The first kappa shape index (κ1) is 22.0. The van der Waals surface area contributed by atoms with Crippen LogP contribution in [0.1, 0.15) is 92.4 Å². The van der Waals surface area contributed by atoms with E-state index in [-0.39, 0.29) is 21.1 Å². The van der Waals surface area contributed by atoms with Crippen LogP contribution in [0.5, 0.6) is 0 Å². The average molecular weight is 377 g/mol. The fraction of sp³-hybridized carbons (Fsp3) is 1.00. The van der Waals surface area contributed by atoms with E-state index >= 15 is 0 Å². The maximum absolute atomic E-state index is 5.70. The third kappa shape index (κ3) is 21.2. The molecule has 0 spiro atoms. The molecule has 0 aromatic heterocycles. The van der Waals surface area contributed by atoms with E-state index in [9.17, 15) is 0 Å². The second-order valence-electron chi connectivity index (χ2n) is 5.22. The zero-order valence-electron chi connectivity index (χ0n) is 14.3. The van der Waals surface area contributed by atoms with Crippen LogP contribution < -0.4 is 0 Å². The van der Waals surface area contributed by atoms with E-state index in [4.69, 9.17) is 4.74 Å². The average Bonchev–Trinajstić information content (AvgIpc) is 2.41. The topological polar surface area (TPSA) is 9.23 Å². The van der Waals surface area contributed by atoms with Crippen molar-refractivity contribution in [3.63, 3.8) is 0 Å². The van der Waals surface area contributed by atoms with Gasteiger partial charge >= 0.3 is 80.1 Å². The molecule has 0 bridgehead atoms. The Kier molecular flexibility index (Phi) is 24.4. The van der Waals surface area contributed by atoms with Crippen molar-refractivity contribution in [2.45, 2.75) is 103 Å². The monoisotopic (exact) mass is 378 g/mol. The first-order chi connectivity index (χ1) is 9.26. The Morgan fingerprint density at radius 1 is 0.842 bits per heavy atom. The van der Waals surface area contributed by atoms with Crippen LogP contribution in [-0.2, 0) is 4.74 Å². The summed E-state index contributed by atoms with van der Waals surface area (Å²) in [7, 11) is 0. The van der Waals surface area contributed by atoms with Crippen LogP contribution in [0, 0.1) is 0 Å². The van der Waals surface area contributed by atoms with Gasteiger partial charge in [-0.25, -0.2) is 0 Å². The van der Waals surface area contributed by atoms with Gasteiger partial charge in [-0.3, -0.25) is 0 Å². The van der Waals surface area contributed by atoms with Gasteiger partial charge in [0.05, 0.1) is 0 Å². The fourth-order valence-corrected chi connectivity index (χ4v) is 4.23. The molecule has 0 aromatic rings. The predicted molar refractivity (Wildman–Crippen MR) is 90.2 cm³/mol. The van der Waals surface area contributed by atoms with Crippen LogP contribution in [0.2, 0.25) is 4.44 Å². The van der Waals surface area contributed by atoms with E-state index < -0.39 is 0 Å². The molecule has 19 heavy (non-hydrogen) atoms. The van der Waals surface area contributed by atoms with Gasteiger partial charge in [0.2, 0.25) is 0 Å². The number of unbranched alkanes of at least 4 members (excludes halogenated alkanes) is 3. The van der Waals surface area contributed by atoms with Crippen LogP contribution >= 0.6 is 0 Å². The number of rotatable bonds is 8. The normalized spacial score (nSPS) is 13.7. The second-order valence-corrected chi connectivity index (χ2v) is 8.90. The van der Waals surface area contributed by atoms with Crippen LogP contribution in [0.4, 0.5) is 0 Å². The van der Waals surface area contributed by atoms with Crippen molar-refractivity contribution >= 4 is 21.1 Å².